The number of nitrogens with zero attached hydrogens (tertiary/aromatic N) is 2. The zero-order valence-corrected chi connectivity index (χ0v) is 8.96. The lowest BCUT2D eigenvalue weighted by atomic mass is 10.1. The van der Waals surface area contributed by atoms with E-state index >= 15 is 0 Å². The van der Waals surface area contributed by atoms with Crippen molar-refractivity contribution in [3.05, 3.63) is 42.7 Å². The minimum atomic E-state index is -0.987. The summed E-state index contributed by atoms with van der Waals surface area (Å²) in [6.45, 7) is 3.89. The Labute approximate surface area is 97.4 Å². The van der Waals surface area contributed by atoms with Crippen LogP contribution in [0.15, 0.2) is 37.2 Å². The van der Waals surface area contributed by atoms with Gasteiger partial charge in [-0.3, -0.25) is 0 Å². The third kappa shape index (κ3) is 2.23. The fourth-order valence-corrected chi connectivity index (χ4v) is 1.42. The summed E-state index contributed by atoms with van der Waals surface area (Å²) in [4.78, 5) is 18.8. The molecule has 0 unspecified atom stereocenters. The van der Waals surface area contributed by atoms with E-state index in [1.54, 1.807) is 12.1 Å². The van der Waals surface area contributed by atoms with Crippen molar-refractivity contribution in [3.8, 4) is 5.88 Å². The molecule has 86 valence electrons. The average molecular weight is 230 g/mol. The smallest absolute Gasteiger partial charge is 0.335 e. The molecule has 0 aliphatic rings. The fraction of sp³-hybridized carbons (Fsp3) is 0.0833. The predicted octanol–water partition coefficient (Wildman–Crippen LogP) is 1.89. The van der Waals surface area contributed by atoms with Crippen LogP contribution in [0, 0.1) is 0 Å². The van der Waals surface area contributed by atoms with Gasteiger partial charge < -0.3 is 9.84 Å². The number of carboxylic acids is 1. The van der Waals surface area contributed by atoms with Crippen molar-refractivity contribution in [2.24, 2.45) is 0 Å². The number of carbonyl (C=O) groups is 1. The summed E-state index contributed by atoms with van der Waals surface area (Å²) in [5.74, 6) is -0.564. The highest BCUT2D eigenvalue weighted by Gasteiger charge is 2.08. The second-order valence-corrected chi connectivity index (χ2v) is 3.32. The molecule has 17 heavy (non-hydrogen) atoms. The van der Waals surface area contributed by atoms with Crippen molar-refractivity contribution < 1.29 is 14.6 Å². The Balaban J connectivity index is 2.50. The van der Waals surface area contributed by atoms with Crippen LogP contribution in [-0.2, 0) is 0 Å². The van der Waals surface area contributed by atoms with Gasteiger partial charge in [0, 0.05) is 0 Å². The van der Waals surface area contributed by atoms with Gasteiger partial charge in [0.2, 0.25) is 5.88 Å². The number of ether oxygens (including phenoxy) is 1. The molecule has 2 aromatic rings. The second kappa shape index (κ2) is 4.61. The summed E-state index contributed by atoms with van der Waals surface area (Å²) < 4.78 is 5.35. The molecule has 5 heteroatoms. The Hall–Kier alpha value is -2.43. The Kier molecular flexibility index (Phi) is 3.00. The first-order valence-electron chi connectivity index (χ1n) is 4.94. The third-order valence-corrected chi connectivity index (χ3v) is 2.18. The van der Waals surface area contributed by atoms with Gasteiger partial charge in [0.1, 0.15) is 12.9 Å². The lowest BCUT2D eigenvalue weighted by Gasteiger charge is -2.05. The molecule has 1 heterocycles. The van der Waals surface area contributed by atoms with Gasteiger partial charge in [-0.25, -0.2) is 14.8 Å². The van der Waals surface area contributed by atoms with E-state index in [4.69, 9.17) is 9.84 Å². The molecule has 0 amide bonds. The van der Waals surface area contributed by atoms with Crippen molar-refractivity contribution >= 4 is 16.9 Å². The molecule has 0 aliphatic heterocycles. The van der Waals surface area contributed by atoms with Crippen LogP contribution in [0.2, 0.25) is 0 Å². The van der Waals surface area contributed by atoms with Crippen LogP contribution in [0.25, 0.3) is 10.9 Å². The molecule has 0 saturated heterocycles. The van der Waals surface area contributed by atoms with E-state index in [2.05, 4.69) is 16.5 Å². The Bertz CT molecular complexity index is 581. The maximum atomic E-state index is 10.8. The van der Waals surface area contributed by atoms with Gasteiger partial charge in [-0.15, -0.1) is 0 Å². The van der Waals surface area contributed by atoms with Crippen LogP contribution in [-0.4, -0.2) is 27.7 Å². The SMILES string of the molecule is C=CCOc1ncnc2cc(C(=O)O)ccc12. The molecule has 0 saturated carbocycles. The van der Waals surface area contributed by atoms with Crippen LogP contribution in [0.5, 0.6) is 5.88 Å². The van der Waals surface area contributed by atoms with Crippen LogP contribution in [0.3, 0.4) is 0 Å². The van der Waals surface area contributed by atoms with Crippen LogP contribution in [0.1, 0.15) is 10.4 Å². The molecule has 0 radical (unpaired) electrons. The maximum Gasteiger partial charge on any atom is 0.335 e. The maximum absolute atomic E-state index is 10.8. The molecule has 1 N–H and O–H groups in total. The van der Waals surface area contributed by atoms with Gasteiger partial charge in [-0.05, 0) is 18.2 Å². The molecule has 1 aromatic heterocycles. The minimum absolute atomic E-state index is 0.186. The molecular weight excluding hydrogens is 220 g/mol. The number of carboxylic acid groups (broad SMARTS) is 1. The molecule has 0 atom stereocenters. The molecule has 5 nitrogen and oxygen atoms in total. The van der Waals surface area contributed by atoms with Gasteiger partial charge in [0.25, 0.3) is 0 Å². The van der Waals surface area contributed by atoms with E-state index in [0.29, 0.717) is 23.4 Å². The third-order valence-electron chi connectivity index (χ3n) is 2.18. The Morgan fingerprint density at radius 2 is 2.29 bits per heavy atom. The highest BCUT2D eigenvalue weighted by molar-refractivity contribution is 5.94. The largest absolute Gasteiger partial charge is 0.478 e. The van der Waals surface area contributed by atoms with Crippen molar-refractivity contribution in [2.45, 2.75) is 0 Å². The first-order valence-corrected chi connectivity index (χ1v) is 4.94. The first kappa shape index (κ1) is 11.1. The van der Waals surface area contributed by atoms with E-state index in [1.807, 2.05) is 0 Å². The van der Waals surface area contributed by atoms with Gasteiger partial charge >= 0.3 is 5.97 Å². The highest BCUT2D eigenvalue weighted by atomic mass is 16.5. The van der Waals surface area contributed by atoms with Gasteiger partial charge in [0.15, 0.2) is 0 Å². The van der Waals surface area contributed by atoms with Crippen LogP contribution < -0.4 is 4.74 Å². The second-order valence-electron chi connectivity index (χ2n) is 3.32. The zero-order valence-electron chi connectivity index (χ0n) is 8.96. The Morgan fingerprint density at radius 1 is 1.47 bits per heavy atom. The van der Waals surface area contributed by atoms with Crippen LogP contribution >= 0.6 is 0 Å². The van der Waals surface area contributed by atoms with Crippen molar-refractivity contribution in [1.82, 2.24) is 9.97 Å². The summed E-state index contributed by atoms with van der Waals surface area (Å²) in [6.07, 6.45) is 2.95. The molecule has 0 bridgehead atoms. The Morgan fingerprint density at radius 3 is 3.00 bits per heavy atom. The highest BCUT2D eigenvalue weighted by Crippen LogP contribution is 2.22. The summed E-state index contributed by atoms with van der Waals surface area (Å²) in [5.41, 5.74) is 0.727. The molecule has 2 rings (SSSR count). The van der Waals surface area contributed by atoms with E-state index in [-0.39, 0.29) is 5.56 Å². The monoisotopic (exact) mass is 230 g/mol. The van der Waals surface area contributed by atoms with Gasteiger partial charge in [-0.1, -0.05) is 12.7 Å². The predicted molar refractivity (Wildman–Crippen MR) is 62.2 cm³/mol. The number of aromatic nitrogens is 2. The summed E-state index contributed by atoms with van der Waals surface area (Å²) >= 11 is 0. The number of hydrogen-bond acceptors (Lipinski definition) is 4. The first-order chi connectivity index (χ1) is 8.22. The van der Waals surface area contributed by atoms with E-state index in [1.165, 1.54) is 18.5 Å². The van der Waals surface area contributed by atoms with E-state index < -0.39 is 5.97 Å². The topological polar surface area (TPSA) is 72.3 Å². The fourth-order valence-electron chi connectivity index (χ4n) is 1.42. The summed E-state index contributed by atoms with van der Waals surface area (Å²) in [7, 11) is 0. The van der Waals surface area contributed by atoms with Crippen molar-refractivity contribution in [1.29, 1.82) is 0 Å². The number of fused-ring (bicyclic) bond motifs is 1. The number of benzene rings is 1. The number of rotatable bonds is 4. The summed E-state index contributed by atoms with van der Waals surface area (Å²) in [5, 5.41) is 9.55. The lowest BCUT2D eigenvalue weighted by Crippen LogP contribution is -1.99. The van der Waals surface area contributed by atoms with Crippen molar-refractivity contribution in [2.75, 3.05) is 6.61 Å². The van der Waals surface area contributed by atoms with E-state index in [9.17, 15) is 4.79 Å². The number of aromatic carboxylic acids is 1. The molecule has 0 aliphatic carbocycles. The normalized spacial score (nSPS) is 10.1. The number of hydrogen-bond donors (Lipinski definition) is 1. The van der Waals surface area contributed by atoms with E-state index in [0.717, 1.165) is 0 Å². The minimum Gasteiger partial charge on any atom is -0.478 e. The standard InChI is InChI=1S/C12H10N2O3/c1-2-5-17-11-9-4-3-8(12(15)16)6-10(9)13-7-14-11/h2-4,6-7H,1,5H2,(H,15,16). The molecule has 0 fully saturated rings. The molecular formula is C12H10N2O3. The lowest BCUT2D eigenvalue weighted by molar-refractivity contribution is 0.0697. The van der Waals surface area contributed by atoms with Gasteiger partial charge in [0.05, 0.1) is 16.5 Å². The molecule has 0 spiro atoms. The average Bonchev–Trinajstić information content (AvgIpc) is 2.35. The zero-order chi connectivity index (χ0) is 12.3. The van der Waals surface area contributed by atoms with Crippen molar-refractivity contribution in [3.63, 3.8) is 0 Å². The van der Waals surface area contributed by atoms with Crippen LogP contribution in [0.4, 0.5) is 0 Å². The van der Waals surface area contributed by atoms with Gasteiger partial charge in [-0.2, -0.15) is 0 Å². The molecule has 1 aromatic carbocycles. The quantitative estimate of drug-likeness (QED) is 0.812. The summed E-state index contributed by atoms with van der Waals surface area (Å²) in [6, 6.07) is 4.62.